The van der Waals surface area contributed by atoms with Gasteiger partial charge >= 0.3 is 5.69 Å². The average Bonchev–Trinajstić information content (AvgIpc) is 2.40. The predicted octanol–water partition coefficient (Wildman–Crippen LogP) is 2.68. The second-order valence-corrected chi connectivity index (χ2v) is 4.55. The van der Waals surface area contributed by atoms with Crippen LogP contribution in [0.1, 0.15) is 16.7 Å². The summed E-state index contributed by atoms with van der Waals surface area (Å²) in [6.07, 6.45) is 1.50. The summed E-state index contributed by atoms with van der Waals surface area (Å²) in [5.41, 5.74) is 7.15. The van der Waals surface area contributed by atoms with Gasteiger partial charge in [0.05, 0.1) is 10.5 Å². The van der Waals surface area contributed by atoms with Gasteiger partial charge in [-0.15, -0.1) is 0 Å². The zero-order valence-electron chi connectivity index (χ0n) is 11.6. The fourth-order valence-corrected chi connectivity index (χ4v) is 1.90. The highest BCUT2D eigenvalue weighted by atomic mass is 16.6. The molecule has 1 heterocycles. The summed E-state index contributed by atoms with van der Waals surface area (Å²) in [6, 6.07) is 6.30. The molecule has 0 aliphatic heterocycles. The number of nitro benzene ring substituents is 1. The topological polar surface area (TPSA) is 115 Å². The number of nitrogens with zero attached hydrogens (tertiary/aromatic N) is 2. The van der Waals surface area contributed by atoms with Crippen molar-refractivity contribution in [3.8, 4) is 11.6 Å². The minimum Gasteiger partial charge on any atom is -0.431 e. The van der Waals surface area contributed by atoms with Crippen molar-refractivity contribution in [2.24, 2.45) is 5.73 Å². The molecule has 1 aromatic carbocycles. The second-order valence-electron chi connectivity index (χ2n) is 4.55. The molecule has 0 amide bonds. The molecule has 108 valence electrons. The number of aryl methyl sites for hydroxylation is 2. The number of nitrogens with two attached hydrogens (primary N) is 1. The Balaban J connectivity index is 2.51. The van der Waals surface area contributed by atoms with Crippen molar-refractivity contribution in [2.45, 2.75) is 13.8 Å². The minimum atomic E-state index is -0.522. The molecular weight excluding hydrogens is 272 g/mol. The van der Waals surface area contributed by atoms with E-state index in [1.165, 1.54) is 18.3 Å². The van der Waals surface area contributed by atoms with Crippen molar-refractivity contribution in [1.82, 2.24) is 4.98 Å². The maximum absolute atomic E-state index is 11.1. The third kappa shape index (κ3) is 2.97. The number of nitrogen functional groups attached to an aromatic ring is 1. The van der Waals surface area contributed by atoms with Crippen molar-refractivity contribution in [1.29, 1.82) is 5.41 Å². The standard InChI is InChI=1S/C14H14N4O3/c1-8-3-4-11(10(7-8)18(19)20)21-14-12(13(15)16)9(2)5-6-17-14/h3-7H,1-2H3,(H3,15,16). The second kappa shape index (κ2) is 5.58. The first-order valence-corrected chi connectivity index (χ1v) is 6.13. The Morgan fingerprint density at radius 1 is 1.38 bits per heavy atom. The van der Waals surface area contributed by atoms with Crippen LogP contribution in [0, 0.1) is 29.4 Å². The van der Waals surface area contributed by atoms with Crippen LogP contribution in [0.5, 0.6) is 11.6 Å². The number of pyridine rings is 1. The normalized spacial score (nSPS) is 10.2. The van der Waals surface area contributed by atoms with E-state index in [4.69, 9.17) is 15.9 Å². The molecule has 0 aliphatic carbocycles. The fourth-order valence-electron chi connectivity index (χ4n) is 1.90. The van der Waals surface area contributed by atoms with Gasteiger partial charge in [0.2, 0.25) is 11.6 Å². The van der Waals surface area contributed by atoms with E-state index in [0.29, 0.717) is 11.1 Å². The number of hydrogen-bond acceptors (Lipinski definition) is 5. The van der Waals surface area contributed by atoms with E-state index in [-0.39, 0.29) is 23.2 Å². The van der Waals surface area contributed by atoms with Crippen molar-refractivity contribution in [2.75, 3.05) is 0 Å². The molecule has 0 unspecified atom stereocenters. The molecule has 0 saturated carbocycles. The first kappa shape index (κ1) is 14.4. The van der Waals surface area contributed by atoms with Gasteiger partial charge in [0.25, 0.3) is 0 Å². The summed E-state index contributed by atoms with van der Waals surface area (Å²) in [5.74, 6) is -0.0639. The summed E-state index contributed by atoms with van der Waals surface area (Å²) >= 11 is 0. The molecule has 3 N–H and O–H groups in total. The van der Waals surface area contributed by atoms with Crippen LogP contribution in [-0.2, 0) is 0 Å². The molecule has 0 saturated heterocycles. The molecule has 0 aliphatic rings. The van der Waals surface area contributed by atoms with Gasteiger partial charge < -0.3 is 10.5 Å². The molecule has 0 radical (unpaired) electrons. The van der Waals surface area contributed by atoms with Gasteiger partial charge in [0.15, 0.2) is 0 Å². The van der Waals surface area contributed by atoms with Crippen LogP contribution in [0.25, 0.3) is 0 Å². The summed E-state index contributed by atoms with van der Waals surface area (Å²) in [7, 11) is 0. The highest BCUT2D eigenvalue weighted by Crippen LogP contribution is 2.33. The van der Waals surface area contributed by atoms with Crippen LogP contribution >= 0.6 is 0 Å². The minimum absolute atomic E-state index is 0.0613. The molecule has 7 heteroatoms. The van der Waals surface area contributed by atoms with E-state index in [0.717, 1.165) is 5.56 Å². The quantitative estimate of drug-likeness (QED) is 0.388. The van der Waals surface area contributed by atoms with Gasteiger partial charge in [-0.2, -0.15) is 0 Å². The van der Waals surface area contributed by atoms with Crippen molar-refractivity contribution in [3.05, 3.63) is 57.3 Å². The van der Waals surface area contributed by atoms with Gasteiger partial charge in [-0.3, -0.25) is 15.5 Å². The first-order valence-electron chi connectivity index (χ1n) is 6.13. The Bertz CT molecular complexity index is 728. The number of benzene rings is 1. The molecule has 0 atom stereocenters. The van der Waals surface area contributed by atoms with Crippen LogP contribution in [0.15, 0.2) is 30.5 Å². The predicted molar refractivity (Wildman–Crippen MR) is 77.9 cm³/mol. The van der Waals surface area contributed by atoms with Gasteiger partial charge in [-0.1, -0.05) is 6.07 Å². The third-order valence-electron chi connectivity index (χ3n) is 2.91. The summed E-state index contributed by atoms with van der Waals surface area (Å²) in [4.78, 5) is 14.6. The number of amidine groups is 1. The highest BCUT2D eigenvalue weighted by Gasteiger charge is 2.19. The fraction of sp³-hybridized carbons (Fsp3) is 0.143. The van der Waals surface area contributed by atoms with Crippen molar-refractivity contribution in [3.63, 3.8) is 0 Å². The largest absolute Gasteiger partial charge is 0.431 e. The van der Waals surface area contributed by atoms with Crippen molar-refractivity contribution >= 4 is 11.5 Å². The molecule has 0 bridgehead atoms. The van der Waals surface area contributed by atoms with Crippen LogP contribution < -0.4 is 10.5 Å². The van der Waals surface area contributed by atoms with E-state index in [1.807, 2.05) is 0 Å². The van der Waals surface area contributed by atoms with Gasteiger partial charge in [0, 0.05) is 12.3 Å². The number of nitro groups is 1. The number of aromatic nitrogens is 1. The third-order valence-corrected chi connectivity index (χ3v) is 2.91. The van der Waals surface area contributed by atoms with Gasteiger partial charge in [-0.05, 0) is 37.1 Å². The molecule has 0 spiro atoms. The van der Waals surface area contributed by atoms with E-state index >= 15 is 0 Å². The zero-order valence-corrected chi connectivity index (χ0v) is 11.6. The lowest BCUT2D eigenvalue weighted by Crippen LogP contribution is -2.15. The molecular formula is C14H14N4O3. The van der Waals surface area contributed by atoms with E-state index < -0.39 is 4.92 Å². The SMILES string of the molecule is Cc1ccc(Oc2nccc(C)c2C(=N)N)c([N+](=O)[O-])c1. The van der Waals surface area contributed by atoms with E-state index in [2.05, 4.69) is 4.98 Å². The molecule has 7 nitrogen and oxygen atoms in total. The Morgan fingerprint density at radius 3 is 2.71 bits per heavy atom. The number of nitrogens with one attached hydrogen (secondary N) is 1. The van der Waals surface area contributed by atoms with Crippen LogP contribution in [0.3, 0.4) is 0 Å². The summed E-state index contributed by atoms with van der Waals surface area (Å²) < 4.78 is 5.53. The highest BCUT2D eigenvalue weighted by molar-refractivity contribution is 5.98. The Morgan fingerprint density at radius 2 is 2.10 bits per heavy atom. The average molecular weight is 286 g/mol. The van der Waals surface area contributed by atoms with Gasteiger partial charge in [-0.25, -0.2) is 4.98 Å². The smallest absolute Gasteiger partial charge is 0.311 e. The van der Waals surface area contributed by atoms with E-state index in [9.17, 15) is 10.1 Å². The van der Waals surface area contributed by atoms with Crippen LogP contribution in [0.2, 0.25) is 0 Å². The summed E-state index contributed by atoms with van der Waals surface area (Å²) in [6.45, 7) is 3.51. The lowest BCUT2D eigenvalue weighted by Gasteiger charge is -2.11. The lowest BCUT2D eigenvalue weighted by molar-refractivity contribution is -0.385. The summed E-state index contributed by atoms with van der Waals surface area (Å²) in [5, 5.41) is 18.7. The molecule has 2 aromatic rings. The number of rotatable bonds is 4. The maximum atomic E-state index is 11.1. The van der Waals surface area contributed by atoms with Crippen molar-refractivity contribution < 1.29 is 9.66 Å². The van der Waals surface area contributed by atoms with E-state index in [1.54, 1.807) is 26.0 Å². The first-order chi connectivity index (χ1) is 9.90. The number of ether oxygens (including phenoxy) is 1. The molecule has 1 aromatic heterocycles. The Hall–Kier alpha value is -2.96. The Labute approximate surface area is 121 Å². The van der Waals surface area contributed by atoms with Crippen LogP contribution in [-0.4, -0.2) is 15.7 Å². The monoisotopic (exact) mass is 286 g/mol. The molecule has 2 rings (SSSR count). The van der Waals surface area contributed by atoms with Gasteiger partial charge in [0.1, 0.15) is 5.84 Å². The lowest BCUT2D eigenvalue weighted by atomic mass is 10.1. The molecule has 21 heavy (non-hydrogen) atoms. The number of hydrogen-bond donors (Lipinski definition) is 2. The maximum Gasteiger partial charge on any atom is 0.311 e. The molecule has 0 fully saturated rings. The zero-order chi connectivity index (χ0) is 15.6. The Kier molecular flexibility index (Phi) is 3.84. The van der Waals surface area contributed by atoms with Crippen LogP contribution in [0.4, 0.5) is 5.69 Å².